The van der Waals surface area contributed by atoms with Crippen molar-refractivity contribution in [1.29, 1.82) is 0 Å². The van der Waals surface area contributed by atoms with Crippen molar-refractivity contribution in [2.45, 2.75) is 6.04 Å². The number of hydrogen-bond acceptors (Lipinski definition) is 4. The minimum atomic E-state index is -0.413. The molecule has 0 unspecified atom stereocenters. The highest BCUT2D eigenvalue weighted by Crippen LogP contribution is 2.20. The third kappa shape index (κ3) is 3.44. The second kappa shape index (κ2) is 6.54. The van der Waals surface area contributed by atoms with Gasteiger partial charge in [-0.25, -0.2) is 4.39 Å². The first-order valence-corrected chi connectivity index (χ1v) is 7.55. The molecular formula is C16H19FN2O4. The molecule has 6 nitrogen and oxygen atoms in total. The van der Waals surface area contributed by atoms with E-state index in [0.29, 0.717) is 32.1 Å². The highest BCUT2D eigenvalue weighted by atomic mass is 19.1. The van der Waals surface area contributed by atoms with Gasteiger partial charge in [0, 0.05) is 26.2 Å². The molecule has 7 heteroatoms. The topological polar surface area (TPSA) is 59.1 Å². The zero-order valence-electron chi connectivity index (χ0n) is 12.9. The van der Waals surface area contributed by atoms with Gasteiger partial charge in [-0.2, -0.15) is 0 Å². The smallest absolute Gasteiger partial charge is 0.260 e. The average Bonchev–Trinajstić information content (AvgIpc) is 2.70. The summed E-state index contributed by atoms with van der Waals surface area (Å²) in [6.45, 7) is 1.32. The molecular weight excluding hydrogens is 303 g/mol. The lowest BCUT2D eigenvalue weighted by atomic mass is 10.1. The van der Waals surface area contributed by atoms with Crippen LogP contribution in [0.3, 0.4) is 0 Å². The predicted molar refractivity (Wildman–Crippen MR) is 79.3 cm³/mol. The molecule has 124 valence electrons. The van der Waals surface area contributed by atoms with Crippen LogP contribution in [-0.2, 0) is 14.3 Å². The summed E-state index contributed by atoms with van der Waals surface area (Å²) in [5.41, 5.74) is 0. The van der Waals surface area contributed by atoms with E-state index in [9.17, 15) is 14.0 Å². The molecule has 0 radical (unpaired) electrons. The van der Waals surface area contributed by atoms with Gasteiger partial charge >= 0.3 is 0 Å². The van der Waals surface area contributed by atoms with Crippen LogP contribution in [0.25, 0.3) is 0 Å². The quantitative estimate of drug-likeness (QED) is 0.814. The van der Waals surface area contributed by atoms with Crippen molar-refractivity contribution in [3.63, 3.8) is 0 Å². The minimum absolute atomic E-state index is 0.00819. The Hall–Kier alpha value is -2.15. The van der Waals surface area contributed by atoms with Crippen LogP contribution in [0.5, 0.6) is 5.75 Å². The maximum Gasteiger partial charge on any atom is 0.260 e. The van der Waals surface area contributed by atoms with E-state index in [1.807, 2.05) is 0 Å². The Kier molecular flexibility index (Phi) is 4.47. The van der Waals surface area contributed by atoms with Gasteiger partial charge in [-0.15, -0.1) is 0 Å². The fraction of sp³-hybridized carbons (Fsp3) is 0.500. The second-order valence-corrected chi connectivity index (χ2v) is 5.88. The zero-order chi connectivity index (χ0) is 16.4. The molecule has 2 saturated heterocycles. The Morgan fingerprint density at radius 3 is 3.00 bits per heavy atom. The second-order valence-electron chi connectivity index (χ2n) is 5.88. The van der Waals surface area contributed by atoms with Crippen LogP contribution >= 0.6 is 0 Å². The van der Waals surface area contributed by atoms with E-state index in [2.05, 4.69) is 0 Å². The Morgan fingerprint density at radius 1 is 1.39 bits per heavy atom. The van der Waals surface area contributed by atoms with Crippen LogP contribution in [0.15, 0.2) is 24.3 Å². The number of ether oxygens (including phenoxy) is 2. The fourth-order valence-electron chi connectivity index (χ4n) is 2.90. The summed E-state index contributed by atoms with van der Waals surface area (Å²) < 4.78 is 24.0. The van der Waals surface area contributed by atoms with E-state index < -0.39 is 5.82 Å². The van der Waals surface area contributed by atoms with Crippen LogP contribution in [0.1, 0.15) is 0 Å². The van der Waals surface area contributed by atoms with Crippen LogP contribution in [0.2, 0.25) is 0 Å². The average molecular weight is 322 g/mol. The Morgan fingerprint density at radius 2 is 2.22 bits per heavy atom. The third-order valence-corrected chi connectivity index (χ3v) is 4.26. The summed E-state index contributed by atoms with van der Waals surface area (Å²) in [5.74, 6) is -0.651. The monoisotopic (exact) mass is 322 g/mol. The normalized spacial score (nSPS) is 24.3. The Labute approximate surface area is 133 Å². The summed E-state index contributed by atoms with van der Waals surface area (Å²) in [7, 11) is 1.74. The van der Waals surface area contributed by atoms with Gasteiger partial charge in [0.15, 0.2) is 6.61 Å². The highest BCUT2D eigenvalue weighted by molar-refractivity contribution is 5.83. The number of fused-ring (bicyclic) bond motifs is 3. The highest BCUT2D eigenvalue weighted by Gasteiger charge is 2.38. The summed E-state index contributed by atoms with van der Waals surface area (Å²) in [6.07, 6.45) is 0. The summed E-state index contributed by atoms with van der Waals surface area (Å²) >= 11 is 0. The molecule has 0 aliphatic carbocycles. The number of likely N-dealkylation sites (N-methyl/N-ethyl adjacent to an activating group) is 1. The van der Waals surface area contributed by atoms with Crippen molar-refractivity contribution in [1.82, 2.24) is 9.80 Å². The van der Waals surface area contributed by atoms with E-state index >= 15 is 0 Å². The van der Waals surface area contributed by atoms with Gasteiger partial charge in [-0.3, -0.25) is 9.59 Å². The molecule has 2 atom stereocenters. The van der Waals surface area contributed by atoms with Gasteiger partial charge in [0.2, 0.25) is 5.91 Å². The number of nitrogens with zero attached hydrogens (tertiary/aromatic N) is 2. The number of carbonyl (C=O) groups excluding carboxylic acids is 2. The predicted octanol–water partition coefficient (Wildman–Crippen LogP) is 0.520. The molecule has 0 N–H and O–H groups in total. The van der Waals surface area contributed by atoms with Gasteiger partial charge in [0.1, 0.15) is 11.6 Å². The van der Waals surface area contributed by atoms with E-state index in [4.69, 9.17) is 9.47 Å². The first-order chi connectivity index (χ1) is 11.0. The molecule has 2 aliphatic rings. The third-order valence-electron chi connectivity index (χ3n) is 4.26. The zero-order valence-corrected chi connectivity index (χ0v) is 12.9. The van der Waals surface area contributed by atoms with Gasteiger partial charge in [0.05, 0.1) is 25.2 Å². The number of benzene rings is 1. The van der Waals surface area contributed by atoms with Gasteiger partial charge < -0.3 is 19.3 Å². The van der Waals surface area contributed by atoms with Crippen LogP contribution in [0.4, 0.5) is 4.39 Å². The van der Waals surface area contributed by atoms with Crippen LogP contribution in [0, 0.1) is 11.7 Å². The number of rotatable bonds is 3. The van der Waals surface area contributed by atoms with Crippen molar-refractivity contribution < 1.29 is 23.5 Å². The number of hydrogen-bond donors (Lipinski definition) is 0. The van der Waals surface area contributed by atoms with E-state index in [0.717, 1.165) is 0 Å². The van der Waals surface area contributed by atoms with E-state index in [1.165, 1.54) is 18.2 Å². The fourth-order valence-corrected chi connectivity index (χ4v) is 2.90. The maximum absolute atomic E-state index is 13.1. The molecule has 2 heterocycles. The summed E-state index contributed by atoms with van der Waals surface area (Å²) in [6, 6.07) is 5.52. The maximum atomic E-state index is 13.1. The van der Waals surface area contributed by atoms with Crippen molar-refractivity contribution in [3.05, 3.63) is 30.1 Å². The summed E-state index contributed by atoms with van der Waals surface area (Å²) in [5, 5.41) is 0. The SMILES string of the molecule is CN1C(=O)[C@H]2COC[C@@H]1CN(C(=O)COc1cccc(F)c1)C2. The van der Waals surface area contributed by atoms with Gasteiger partial charge in [-0.05, 0) is 12.1 Å². The van der Waals surface area contributed by atoms with Crippen LogP contribution < -0.4 is 4.74 Å². The number of amides is 2. The molecule has 0 saturated carbocycles. The minimum Gasteiger partial charge on any atom is -0.484 e. The Bertz CT molecular complexity index is 609. The largest absolute Gasteiger partial charge is 0.484 e. The first kappa shape index (κ1) is 15.7. The van der Waals surface area contributed by atoms with Crippen molar-refractivity contribution >= 4 is 11.8 Å². The summed E-state index contributed by atoms with van der Waals surface area (Å²) in [4.78, 5) is 27.9. The molecule has 0 spiro atoms. The standard InChI is InChI=1S/C16H19FN2O4/c1-18-13-7-19(6-11(16(18)21)8-22-9-13)15(20)10-23-14-4-2-3-12(17)5-14/h2-5,11,13H,6-10H2,1H3/t11-,13+/m1/s1. The van der Waals surface area contributed by atoms with Crippen molar-refractivity contribution in [2.75, 3.05) is 40.0 Å². The molecule has 1 aromatic carbocycles. The molecule has 23 heavy (non-hydrogen) atoms. The molecule has 0 aromatic heterocycles. The van der Waals surface area contributed by atoms with Gasteiger partial charge in [0.25, 0.3) is 5.91 Å². The lowest BCUT2D eigenvalue weighted by Gasteiger charge is -2.29. The van der Waals surface area contributed by atoms with E-state index in [-0.39, 0.29) is 30.4 Å². The number of halogens is 1. The first-order valence-electron chi connectivity index (χ1n) is 7.55. The lowest BCUT2D eigenvalue weighted by Crippen LogP contribution is -2.46. The molecule has 3 rings (SSSR count). The lowest BCUT2D eigenvalue weighted by molar-refractivity contribution is -0.135. The van der Waals surface area contributed by atoms with Gasteiger partial charge in [-0.1, -0.05) is 6.07 Å². The molecule has 1 aromatic rings. The number of carbonyl (C=O) groups is 2. The van der Waals surface area contributed by atoms with Crippen LogP contribution in [-0.4, -0.2) is 67.6 Å². The molecule has 2 bridgehead atoms. The van der Waals surface area contributed by atoms with Crippen molar-refractivity contribution in [3.8, 4) is 5.75 Å². The molecule has 2 aliphatic heterocycles. The molecule has 2 amide bonds. The Balaban J connectivity index is 1.64. The molecule has 2 fully saturated rings. The van der Waals surface area contributed by atoms with E-state index in [1.54, 1.807) is 22.9 Å². The van der Waals surface area contributed by atoms with Crippen molar-refractivity contribution in [2.24, 2.45) is 5.92 Å².